The molecule has 0 bridgehead atoms. The molecule has 1 aromatic rings. The van der Waals surface area contributed by atoms with Crippen LogP contribution in [0.3, 0.4) is 0 Å². The number of pyridine rings is 1. The molecule has 2 N–H and O–H groups in total. The van der Waals surface area contributed by atoms with E-state index in [2.05, 4.69) is 9.88 Å². The zero-order chi connectivity index (χ0) is 11.9. The Hall–Kier alpha value is -1.33. The molecule has 1 fully saturated rings. The van der Waals surface area contributed by atoms with Gasteiger partial charge in [0.25, 0.3) is 0 Å². The number of hydrogen-bond donors (Lipinski definition) is 1. The number of anilines is 1. The topological polar surface area (TPSA) is 60.6 Å². The molecule has 1 aliphatic heterocycles. The van der Waals surface area contributed by atoms with Crippen LogP contribution in [-0.4, -0.2) is 49.3 Å². The van der Waals surface area contributed by atoms with Gasteiger partial charge in [0.15, 0.2) is 0 Å². The molecule has 0 saturated carbocycles. The second-order valence-electron chi connectivity index (χ2n) is 4.07. The van der Waals surface area contributed by atoms with Crippen molar-refractivity contribution in [2.75, 3.05) is 45.2 Å². The van der Waals surface area contributed by atoms with E-state index in [1.54, 1.807) is 12.3 Å². The van der Waals surface area contributed by atoms with Gasteiger partial charge < -0.3 is 15.2 Å². The number of aromatic nitrogens is 1. The molecule has 0 radical (unpaired) electrons. The minimum absolute atomic E-state index is 0.496. The monoisotopic (exact) mass is 237 g/mol. The molecule has 0 atom stereocenters. The van der Waals surface area contributed by atoms with Crippen molar-refractivity contribution in [3.8, 4) is 5.75 Å². The number of nitrogen functional groups attached to an aromatic ring is 1. The molecular formula is C12H19N3O2. The largest absolute Gasteiger partial charge is 0.493 e. The molecule has 2 heterocycles. The van der Waals surface area contributed by atoms with Crippen molar-refractivity contribution in [1.82, 2.24) is 9.88 Å². The molecule has 0 aromatic carbocycles. The summed E-state index contributed by atoms with van der Waals surface area (Å²) in [5.74, 6) is 1.29. The number of morpholine rings is 1. The van der Waals surface area contributed by atoms with Crippen LogP contribution in [0.1, 0.15) is 6.42 Å². The van der Waals surface area contributed by atoms with Crippen molar-refractivity contribution in [1.29, 1.82) is 0 Å². The highest BCUT2D eigenvalue weighted by molar-refractivity contribution is 5.35. The second kappa shape index (κ2) is 6.42. The Labute approximate surface area is 102 Å². The molecule has 0 spiro atoms. The summed E-state index contributed by atoms with van der Waals surface area (Å²) < 4.78 is 10.9. The second-order valence-corrected chi connectivity index (χ2v) is 4.07. The van der Waals surface area contributed by atoms with Gasteiger partial charge in [-0.2, -0.15) is 0 Å². The molecule has 1 saturated heterocycles. The van der Waals surface area contributed by atoms with Gasteiger partial charge in [0.2, 0.25) is 0 Å². The molecule has 0 amide bonds. The summed E-state index contributed by atoms with van der Waals surface area (Å²) in [7, 11) is 0. The highest BCUT2D eigenvalue weighted by Crippen LogP contribution is 2.12. The number of rotatable bonds is 5. The third-order valence-electron chi connectivity index (χ3n) is 2.74. The molecule has 2 rings (SSSR count). The van der Waals surface area contributed by atoms with Crippen LogP contribution in [-0.2, 0) is 4.74 Å². The van der Waals surface area contributed by atoms with Crippen molar-refractivity contribution in [3.63, 3.8) is 0 Å². The van der Waals surface area contributed by atoms with E-state index < -0.39 is 0 Å². The van der Waals surface area contributed by atoms with Gasteiger partial charge in [-0.05, 0) is 12.5 Å². The zero-order valence-corrected chi connectivity index (χ0v) is 9.97. The number of ether oxygens (including phenoxy) is 2. The third kappa shape index (κ3) is 4.20. The number of nitrogens with zero attached hydrogens (tertiary/aromatic N) is 2. The van der Waals surface area contributed by atoms with E-state index in [1.165, 1.54) is 0 Å². The fraction of sp³-hybridized carbons (Fsp3) is 0.583. The van der Waals surface area contributed by atoms with Crippen LogP contribution in [0.15, 0.2) is 18.3 Å². The maximum absolute atomic E-state index is 5.60. The SMILES string of the molecule is Nc1cc(OCCCN2CCOCC2)ccn1. The maximum Gasteiger partial charge on any atom is 0.126 e. The summed E-state index contributed by atoms with van der Waals surface area (Å²) in [6.07, 6.45) is 2.68. The average Bonchev–Trinajstić information content (AvgIpc) is 2.36. The van der Waals surface area contributed by atoms with Crippen molar-refractivity contribution < 1.29 is 9.47 Å². The summed E-state index contributed by atoms with van der Waals surface area (Å²) in [6.45, 7) is 5.53. The minimum atomic E-state index is 0.496. The van der Waals surface area contributed by atoms with Crippen molar-refractivity contribution >= 4 is 5.82 Å². The third-order valence-corrected chi connectivity index (χ3v) is 2.74. The van der Waals surface area contributed by atoms with Gasteiger partial charge in [-0.1, -0.05) is 0 Å². The van der Waals surface area contributed by atoms with Crippen LogP contribution >= 0.6 is 0 Å². The summed E-state index contributed by atoms with van der Waals surface area (Å²) in [5, 5.41) is 0. The molecule has 5 heteroatoms. The Kier molecular flexibility index (Phi) is 4.58. The molecule has 0 aliphatic carbocycles. The first-order chi connectivity index (χ1) is 8.34. The first-order valence-electron chi connectivity index (χ1n) is 5.99. The van der Waals surface area contributed by atoms with Crippen LogP contribution in [0.5, 0.6) is 5.75 Å². The van der Waals surface area contributed by atoms with Gasteiger partial charge in [-0.3, -0.25) is 4.90 Å². The van der Waals surface area contributed by atoms with Gasteiger partial charge >= 0.3 is 0 Å². The van der Waals surface area contributed by atoms with E-state index in [1.807, 2.05) is 6.07 Å². The number of hydrogen-bond acceptors (Lipinski definition) is 5. The lowest BCUT2D eigenvalue weighted by Gasteiger charge is -2.26. The summed E-state index contributed by atoms with van der Waals surface area (Å²) in [6, 6.07) is 3.57. The molecular weight excluding hydrogens is 218 g/mol. The Balaban J connectivity index is 1.62. The van der Waals surface area contributed by atoms with Crippen molar-refractivity contribution in [3.05, 3.63) is 18.3 Å². The Morgan fingerprint density at radius 1 is 1.41 bits per heavy atom. The van der Waals surface area contributed by atoms with Crippen LogP contribution in [0.2, 0.25) is 0 Å². The Morgan fingerprint density at radius 3 is 3.00 bits per heavy atom. The standard InChI is InChI=1S/C12H19N3O2/c13-12-10-11(2-3-14-12)17-7-1-4-15-5-8-16-9-6-15/h2-3,10H,1,4-9H2,(H2,13,14). The highest BCUT2D eigenvalue weighted by Gasteiger charge is 2.09. The van der Waals surface area contributed by atoms with E-state index >= 15 is 0 Å². The van der Waals surface area contributed by atoms with Gasteiger partial charge in [0.1, 0.15) is 11.6 Å². The van der Waals surface area contributed by atoms with E-state index in [4.69, 9.17) is 15.2 Å². The summed E-state index contributed by atoms with van der Waals surface area (Å²) in [5.41, 5.74) is 5.57. The van der Waals surface area contributed by atoms with Crippen molar-refractivity contribution in [2.45, 2.75) is 6.42 Å². The molecule has 1 aliphatic rings. The van der Waals surface area contributed by atoms with E-state index in [9.17, 15) is 0 Å². The number of nitrogens with two attached hydrogens (primary N) is 1. The van der Waals surface area contributed by atoms with Gasteiger partial charge in [-0.25, -0.2) is 4.98 Å². The lowest BCUT2D eigenvalue weighted by Crippen LogP contribution is -2.37. The highest BCUT2D eigenvalue weighted by atomic mass is 16.5. The van der Waals surface area contributed by atoms with E-state index in [-0.39, 0.29) is 0 Å². The van der Waals surface area contributed by atoms with Crippen molar-refractivity contribution in [2.24, 2.45) is 0 Å². The normalized spacial score (nSPS) is 16.9. The molecule has 17 heavy (non-hydrogen) atoms. The smallest absolute Gasteiger partial charge is 0.126 e. The average molecular weight is 237 g/mol. The minimum Gasteiger partial charge on any atom is -0.493 e. The van der Waals surface area contributed by atoms with Crippen LogP contribution in [0, 0.1) is 0 Å². The first kappa shape index (κ1) is 12.1. The predicted molar refractivity (Wildman–Crippen MR) is 66.0 cm³/mol. The van der Waals surface area contributed by atoms with Crippen LogP contribution in [0.25, 0.3) is 0 Å². The fourth-order valence-corrected chi connectivity index (χ4v) is 1.82. The van der Waals surface area contributed by atoms with Gasteiger partial charge in [0.05, 0.1) is 19.8 Å². The van der Waals surface area contributed by atoms with Gasteiger partial charge in [0, 0.05) is 31.9 Å². The molecule has 1 aromatic heterocycles. The lowest BCUT2D eigenvalue weighted by atomic mass is 10.3. The Bertz CT molecular complexity index is 340. The molecule has 5 nitrogen and oxygen atoms in total. The molecule has 0 unspecified atom stereocenters. The summed E-state index contributed by atoms with van der Waals surface area (Å²) >= 11 is 0. The predicted octanol–water partition coefficient (Wildman–Crippen LogP) is 0.765. The van der Waals surface area contributed by atoms with Gasteiger partial charge in [-0.15, -0.1) is 0 Å². The van der Waals surface area contributed by atoms with E-state index in [0.717, 1.165) is 45.0 Å². The maximum atomic E-state index is 5.60. The van der Waals surface area contributed by atoms with Crippen LogP contribution < -0.4 is 10.5 Å². The Morgan fingerprint density at radius 2 is 2.24 bits per heavy atom. The first-order valence-corrected chi connectivity index (χ1v) is 5.99. The lowest BCUT2D eigenvalue weighted by molar-refractivity contribution is 0.0358. The van der Waals surface area contributed by atoms with Crippen LogP contribution in [0.4, 0.5) is 5.82 Å². The zero-order valence-electron chi connectivity index (χ0n) is 9.97. The fourth-order valence-electron chi connectivity index (χ4n) is 1.82. The van der Waals surface area contributed by atoms with E-state index in [0.29, 0.717) is 12.4 Å². The molecule has 94 valence electrons. The summed E-state index contributed by atoms with van der Waals surface area (Å²) in [4.78, 5) is 6.31. The quantitative estimate of drug-likeness (QED) is 0.766.